The largest absolute Gasteiger partial charge is 0.459 e. The first-order valence-electron chi connectivity index (χ1n) is 13.5. The van der Waals surface area contributed by atoms with Crippen molar-refractivity contribution in [3.8, 4) is 0 Å². The van der Waals surface area contributed by atoms with Gasteiger partial charge in [-0.3, -0.25) is 4.79 Å². The van der Waals surface area contributed by atoms with Crippen LogP contribution < -0.4 is 0 Å². The average molecular weight is 471 g/mol. The first-order chi connectivity index (χ1) is 16.0. The molecule has 4 aliphatic carbocycles. The highest BCUT2D eigenvalue weighted by Gasteiger charge is 2.67. The number of esters is 1. The van der Waals surface area contributed by atoms with Crippen molar-refractivity contribution in [3.05, 3.63) is 23.3 Å². The zero-order valence-electron chi connectivity index (χ0n) is 21.8. The van der Waals surface area contributed by atoms with Gasteiger partial charge in [0.05, 0.1) is 19.3 Å². The van der Waals surface area contributed by atoms with Gasteiger partial charge in [0.2, 0.25) is 0 Å². The number of ether oxygens (including phenoxy) is 4. The number of rotatable bonds is 3. The van der Waals surface area contributed by atoms with Crippen LogP contribution in [0.1, 0.15) is 73.6 Å². The first-order valence-corrected chi connectivity index (χ1v) is 13.5. The van der Waals surface area contributed by atoms with E-state index in [1.807, 2.05) is 0 Å². The van der Waals surface area contributed by atoms with Gasteiger partial charge in [-0.2, -0.15) is 0 Å². The predicted molar refractivity (Wildman–Crippen MR) is 129 cm³/mol. The molecule has 6 rings (SSSR count). The standard InChI is InChI=1S/C29H42O5/c1-16(26-31-14-27(3,4)15-32-26)20-9-10-21-19-8-7-18-13-23(33-17(2)30)24-25(34-24)29(18,6)22(19)11-12-28(20,21)5/h7-8,16,20-26H,9-15H2,1-6H3/t16?,20-,21?,22?,23-,24+,25+,28-,29+/m1/s1. The van der Waals surface area contributed by atoms with E-state index in [0.717, 1.165) is 19.6 Å². The summed E-state index contributed by atoms with van der Waals surface area (Å²) in [4.78, 5) is 11.6. The molecule has 5 heteroatoms. The lowest BCUT2D eigenvalue weighted by Gasteiger charge is -2.54. The van der Waals surface area contributed by atoms with Crippen LogP contribution in [-0.2, 0) is 23.7 Å². The molecule has 0 spiro atoms. The van der Waals surface area contributed by atoms with E-state index < -0.39 is 0 Å². The van der Waals surface area contributed by atoms with Crippen molar-refractivity contribution >= 4 is 5.97 Å². The smallest absolute Gasteiger partial charge is 0.303 e. The summed E-state index contributed by atoms with van der Waals surface area (Å²) < 4.78 is 24.3. The van der Waals surface area contributed by atoms with Crippen LogP contribution in [0.2, 0.25) is 0 Å². The first kappa shape index (κ1) is 23.2. The van der Waals surface area contributed by atoms with Gasteiger partial charge in [0.1, 0.15) is 12.2 Å². The molecule has 0 radical (unpaired) electrons. The van der Waals surface area contributed by atoms with Gasteiger partial charge in [-0.15, -0.1) is 0 Å². The zero-order valence-corrected chi connectivity index (χ0v) is 21.8. The van der Waals surface area contributed by atoms with Crippen LogP contribution in [0.4, 0.5) is 0 Å². The third kappa shape index (κ3) is 3.33. The van der Waals surface area contributed by atoms with E-state index in [2.05, 4.69) is 46.8 Å². The van der Waals surface area contributed by atoms with Crippen LogP contribution in [0, 0.1) is 39.9 Å². The minimum atomic E-state index is -0.204. The van der Waals surface area contributed by atoms with Crippen LogP contribution in [0.5, 0.6) is 0 Å². The summed E-state index contributed by atoms with van der Waals surface area (Å²) in [7, 11) is 0. The molecular formula is C29H42O5. The van der Waals surface area contributed by atoms with Gasteiger partial charge >= 0.3 is 5.97 Å². The van der Waals surface area contributed by atoms with Crippen molar-refractivity contribution in [2.24, 2.45) is 39.9 Å². The van der Waals surface area contributed by atoms with Crippen molar-refractivity contribution in [3.63, 3.8) is 0 Å². The molecule has 0 N–H and O–H groups in total. The number of carbonyl (C=O) groups is 1. The molecule has 2 saturated heterocycles. The summed E-state index contributed by atoms with van der Waals surface area (Å²) in [6.45, 7) is 14.8. The quantitative estimate of drug-likeness (QED) is 0.406. The van der Waals surface area contributed by atoms with Crippen molar-refractivity contribution in [2.45, 2.75) is 98.2 Å². The molecule has 0 aromatic carbocycles. The van der Waals surface area contributed by atoms with Crippen LogP contribution >= 0.6 is 0 Å². The molecule has 188 valence electrons. The maximum atomic E-state index is 11.6. The number of epoxide rings is 1. The second kappa shape index (κ2) is 7.66. The van der Waals surface area contributed by atoms with Gasteiger partial charge in [0.25, 0.3) is 0 Å². The zero-order chi connectivity index (χ0) is 24.0. The summed E-state index contributed by atoms with van der Waals surface area (Å²) in [5, 5.41) is 0. The summed E-state index contributed by atoms with van der Waals surface area (Å²) in [5.41, 5.74) is 3.52. The molecule has 2 aliphatic heterocycles. The summed E-state index contributed by atoms with van der Waals surface area (Å²) in [6.07, 6.45) is 10.6. The third-order valence-corrected chi connectivity index (χ3v) is 10.6. The number of hydrogen-bond donors (Lipinski definition) is 0. The Labute approximate surface area is 204 Å². The molecule has 0 amide bonds. The van der Waals surface area contributed by atoms with E-state index in [9.17, 15) is 4.79 Å². The molecule has 9 atom stereocenters. The average Bonchev–Trinajstić information content (AvgIpc) is 3.51. The van der Waals surface area contributed by atoms with Gasteiger partial charge < -0.3 is 18.9 Å². The maximum Gasteiger partial charge on any atom is 0.303 e. The van der Waals surface area contributed by atoms with E-state index in [1.165, 1.54) is 38.2 Å². The fraction of sp³-hybridized carbons (Fsp3) is 0.828. The minimum Gasteiger partial charge on any atom is -0.459 e. The second-order valence-corrected chi connectivity index (χ2v) is 13.4. The van der Waals surface area contributed by atoms with Crippen molar-refractivity contribution < 1.29 is 23.7 Å². The van der Waals surface area contributed by atoms with Gasteiger partial charge in [0, 0.05) is 30.1 Å². The fourth-order valence-electron chi connectivity index (χ4n) is 8.79. The highest BCUT2D eigenvalue weighted by Crippen LogP contribution is 2.68. The lowest BCUT2D eigenvalue weighted by Crippen LogP contribution is -2.51. The lowest BCUT2D eigenvalue weighted by atomic mass is 9.50. The SMILES string of the molecule is CC(=O)O[C@@H]1CC2=CC=C3C4CC[C@H](C(C)C5OCC(C)(C)CO5)[C@@]4(C)CCC3[C@@]2(C)[C@H]2O[C@@H]12. The molecule has 5 nitrogen and oxygen atoms in total. The number of allylic oxidation sites excluding steroid dienone is 3. The van der Waals surface area contributed by atoms with Crippen LogP contribution in [0.15, 0.2) is 23.3 Å². The number of fused-ring (bicyclic) bond motifs is 7. The molecule has 3 saturated carbocycles. The van der Waals surface area contributed by atoms with Crippen LogP contribution in [-0.4, -0.2) is 43.8 Å². The Morgan fingerprint density at radius 2 is 1.79 bits per heavy atom. The number of carbonyl (C=O) groups excluding carboxylic acids is 1. The second-order valence-electron chi connectivity index (χ2n) is 13.4. The monoisotopic (exact) mass is 470 g/mol. The van der Waals surface area contributed by atoms with E-state index in [-0.39, 0.29) is 41.4 Å². The molecule has 0 aromatic heterocycles. The Balaban J connectivity index is 1.24. The van der Waals surface area contributed by atoms with Crippen molar-refractivity contribution in [1.29, 1.82) is 0 Å². The van der Waals surface area contributed by atoms with E-state index in [1.54, 1.807) is 5.57 Å². The van der Waals surface area contributed by atoms with Gasteiger partial charge in [-0.05, 0) is 48.9 Å². The van der Waals surface area contributed by atoms with Crippen LogP contribution in [0.25, 0.3) is 0 Å². The summed E-state index contributed by atoms with van der Waals surface area (Å²) in [5.74, 6) is 1.98. The third-order valence-electron chi connectivity index (χ3n) is 10.6. The van der Waals surface area contributed by atoms with E-state index >= 15 is 0 Å². The Bertz CT molecular complexity index is 925. The molecule has 2 heterocycles. The topological polar surface area (TPSA) is 57.3 Å². The summed E-state index contributed by atoms with van der Waals surface area (Å²) in [6, 6.07) is 0. The summed E-state index contributed by atoms with van der Waals surface area (Å²) >= 11 is 0. The highest BCUT2D eigenvalue weighted by atomic mass is 16.7. The van der Waals surface area contributed by atoms with Gasteiger partial charge in [-0.25, -0.2) is 0 Å². The Morgan fingerprint density at radius 1 is 1.06 bits per heavy atom. The molecule has 0 bridgehead atoms. The number of hydrogen-bond acceptors (Lipinski definition) is 5. The van der Waals surface area contributed by atoms with Gasteiger partial charge in [-0.1, -0.05) is 57.9 Å². The Kier molecular flexibility index (Phi) is 5.24. The molecule has 0 aromatic rings. The molecule has 34 heavy (non-hydrogen) atoms. The molecule has 5 fully saturated rings. The molecule has 3 unspecified atom stereocenters. The lowest BCUT2D eigenvalue weighted by molar-refractivity contribution is -0.252. The Morgan fingerprint density at radius 3 is 2.50 bits per heavy atom. The Hall–Kier alpha value is -1.17. The van der Waals surface area contributed by atoms with Gasteiger partial charge in [0.15, 0.2) is 6.29 Å². The molecule has 6 aliphatic rings. The predicted octanol–water partition coefficient (Wildman–Crippen LogP) is 5.44. The fourth-order valence-corrected chi connectivity index (χ4v) is 8.79. The van der Waals surface area contributed by atoms with Crippen molar-refractivity contribution in [2.75, 3.05) is 13.2 Å². The van der Waals surface area contributed by atoms with E-state index in [4.69, 9.17) is 18.9 Å². The minimum absolute atomic E-state index is 0.0393. The molecular weight excluding hydrogens is 428 g/mol. The highest BCUT2D eigenvalue weighted by molar-refractivity contribution is 5.66. The van der Waals surface area contributed by atoms with E-state index in [0.29, 0.717) is 29.1 Å². The normalized spacial score (nSPS) is 47.8. The maximum absolute atomic E-state index is 11.6. The van der Waals surface area contributed by atoms with Crippen LogP contribution in [0.3, 0.4) is 0 Å². The van der Waals surface area contributed by atoms with Crippen molar-refractivity contribution in [1.82, 2.24) is 0 Å².